The van der Waals surface area contributed by atoms with Gasteiger partial charge in [-0.2, -0.15) is 0 Å². The first kappa shape index (κ1) is 28.8. The number of nitrogens with zero attached hydrogens (tertiary/aromatic N) is 1. The number of benzene rings is 4. The highest BCUT2D eigenvalue weighted by atomic mass is 15.0. The first-order chi connectivity index (χ1) is 24.3. The van der Waals surface area contributed by atoms with Crippen molar-refractivity contribution in [2.24, 2.45) is 0 Å². The lowest BCUT2D eigenvalue weighted by atomic mass is 9.77. The van der Waals surface area contributed by atoms with Crippen LogP contribution in [0.15, 0.2) is 133 Å². The molecule has 238 valence electrons. The standard InChI is InChI=1S/C48H41N/c1-4-14-32(15-5-1)35-24-26-39-42(34-18-8-3-9-19-34)31-36-25-28-46-48(47(36)43(39)30-35)41-22-12-13-23-44(41)49(46)45-29-27-37(33-16-6-2-7-17-33)38-20-10-11-21-40(38)45/h1,3-4,6,8-12,14,16-18,20-22,25,27-31,34H,2,5,7,13,15,19,23-24,26H2. The molecule has 5 aliphatic rings. The molecule has 4 aromatic carbocycles. The molecule has 10 rings (SSSR count). The second kappa shape index (κ2) is 11.8. The SMILES string of the molecule is C1=CCCC(C2=Cc3c(c(C4C=CC=CC4)cc4ccc5c(c6c(n5-c5ccc(C7=CCCC=C7)c7ccccc57)CCC=C6)c34)CC2)=C1. The lowest BCUT2D eigenvalue weighted by Crippen LogP contribution is -2.10. The Kier molecular flexibility index (Phi) is 6.93. The van der Waals surface area contributed by atoms with E-state index in [4.69, 9.17) is 0 Å². The first-order valence-corrected chi connectivity index (χ1v) is 18.4. The maximum atomic E-state index is 2.63. The minimum absolute atomic E-state index is 0.433. The number of hydrogen-bond acceptors (Lipinski definition) is 0. The Morgan fingerprint density at radius 2 is 1.57 bits per heavy atom. The van der Waals surface area contributed by atoms with Crippen molar-refractivity contribution in [1.82, 2.24) is 4.57 Å². The summed E-state index contributed by atoms with van der Waals surface area (Å²) in [6, 6.07) is 21.2. The van der Waals surface area contributed by atoms with E-state index >= 15 is 0 Å². The molecule has 5 aliphatic carbocycles. The van der Waals surface area contributed by atoms with Gasteiger partial charge in [-0.25, -0.2) is 0 Å². The summed E-state index contributed by atoms with van der Waals surface area (Å²) >= 11 is 0. The van der Waals surface area contributed by atoms with Crippen LogP contribution in [0.5, 0.6) is 0 Å². The van der Waals surface area contributed by atoms with E-state index in [1.54, 1.807) is 5.56 Å². The molecule has 0 bridgehead atoms. The van der Waals surface area contributed by atoms with Gasteiger partial charge in [0.15, 0.2) is 0 Å². The normalized spacial score (nSPS) is 19.7. The average Bonchev–Trinajstić information content (AvgIpc) is 3.52. The van der Waals surface area contributed by atoms with Crippen LogP contribution in [0.25, 0.3) is 55.9 Å². The van der Waals surface area contributed by atoms with E-state index in [2.05, 4.69) is 138 Å². The summed E-state index contributed by atoms with van der Waals surface area (Å²) in [5.41, 5.74) is 15.8. The molecule has 0 saturated heterocycles. The second-order valence-corrected chi connectivity index (χ2v) is 14.4. The fraction of sp³-hybridized carbons (Fsp3) is 0.208. The molecule has 1 heteroatoms. The van der Waals surface area contributed by atoms with E-state index in [1.165, 1.54) is 82.8 Å². The first-order valence-electron chi connectivity index (χ1n) is 18.4. The third-order valence-corrected chi connectivity index (χ3v) is 11.6. The largest absolute Gasteiger partial charge is 0.312 e. The zero-order valence-corrected chi connectivity index (χ0v) is 28.1. The van der Waals surface area contributed by atoms with Gasteiger partial charge in [-0.05, 0) is 125 Å². The van der Waals surface area contributed by atoms with Gasteiger partial charge in [-0.1, -0.05) is 121 Å². The monoisotopic (exact) mass is 631 g/mol. The number of rotatable bonds is 4. The Morgan fingerprint density at radius 1 is 0.653 bits per heavy atom. The van der Waals surface area contributed by atoms with Crippen LogP contribution >= 0.6 is 0 Å². The second-order valence-electron chi connectivity index (χ2n) is 14.4. The Balaban J connectivity index is 1.27. The third kappa shape index (κ3) is 4.66. The third-order valence-electron chi connectivity index (χ3n) is 11.6. The highest BCUT2D eigenvalue weighted by Crippen LogP contribution is 2.46. The summed E-state index contributed by atoms with van der Waals surface area (Å²) < 4.78 is 2.63. The lowest BCUT2D eigenvalue weighted by Gasteiger charge is -2.27. The van der Waals surface area contributed by atoms with E-state index in [1.807, 2.05) is 0 Å². The van der Waals surface area contributed by atoms with Gasteiger partial charge < -0.3 is 4.57 Å². The van der Waals surface area contributed by atoms with E-state index < -0.39 is 0 Å². The lowest BCUT2D eigenvalue weighted by molar-refractivity contribution is 0.813. The van der Waals surface area contributed by atoms with Gasteiger partial charge in [-0.3, -0.25) is 0 Å². The zero-order chi connectivity index (χ0) is 32.3. The molecule has 1 aromatic heterocycles. The van der Waals surface area contributed by atoms with Crippen LogP contribution in [0.4, 0.5) is 0 Å². The zero-order valence-electron chi connectivity index (χ0n) is 28.1. The van der Waals surface area contributed by atoms with Crippen LogP contribution in [-0.4, -0.2) is 4.57 Å². The van der Waals surface area contributed by atoms with Crippen molar-refractivity contribution in [1.29, 1.82) is 0 Å². The number of hydrogen-bond donors (Lipinski definition) is 0. The highest BCUT2D eigenvalue weighted by molar-refractivity contribution is 6.16. The molecular weight excluding hydrogens is 591 g/mol. The Morgan fingerprint density at radius 3 is 2.43 bits per heavy atom. The minimum Gasteiger partial charge on any atom is -0.312 e. The van der Waals surface area contributed by atoms with Crippen molar-refractivity contribution >= 4 is 50.2 Å². The van der Waals surface area contributed by atoms with Crippen molar-refractivity contribution in [3.05, 3.63) is 166 Å². The molecule has 0 radical (unpaired) electrons. The Labute approximate surface area is 289 Å². The smallest absolute Gasteiger partial charge is 0.0544 e. The molecule has 1 unspecified atom stereocenters. The Hall–Kier alpha value is -5.14. The van der Waals surface area contributed by atoms with Crippen LogP contribution in [0.3, 0.4) is 0 Å². The molecule has 1 nitrogen and oxygen atoms in total. The molecule has 0 N–H and O–H groups in total. The number of allylic oxidation sites excluding steroid dienone is 14. The summed E-state index contributed by atoms with van der Waals surface area (Å²) in [4.78, 5) is 0. The van der Waals surface area contributed by atoms with Crippen molar-refractivity contribution in [3.8, 4) is 5.69 Å². The Bertz CT molecular complexity index is 2460. The van der Waals surface area contributed by atoms with Crippen molar-refractivity contribution in [2.45, 2.75) is 63.7 Å². The van der Waals surface area contributed by atoms with Gasteiger partial charge in [0.25, 0.3) is 0 Å². The average molecular weight is 632 g/mol. The van der Waals surface area contributed by atoms with E-state index in [9.17, 15) is 0 Å². The van der Waals surface area contributed by atoms with Gasteiger partial charge in [0, 0.05) is 27.9 Å². The van der Waals surface area contributed by atoms with Crippen molar-refractivity contribution in [2.75, 3.05) is 0 Å². The number of fused-ring (bicyclic) bond motifs is 8. The maximum absolute atomic E-state index is 2.63. The molecule has 0 spiro atoms. The minimum atomic E-state index is 0.433. The summed E-state index contributed by atoms with van der Waals surface area (Å²) in [6.07, 6.45) is 40.6. The summed E-state index contributed by atoms with van der Waals surface area (Å²) in [5, 5.41) is 6.89. The van der Waals surface area contributed by atoms with Crippen LogP contribution < -0.4 is 0 Å². The van der Waals surface area contributed by atoms with Gasteiger partial charge in [0.2, 0.25) is 0 Å². The van der Waals surface area contributed by atoms with Gasteiger partial charge in [-0.15, -0.1) is 0 Å². The fourth-order valence-electron chi connectivity index (χ4n) is 9.32. The summed E-state index contributed by atoms with van der Waals surface area (Å²) in [5.74, 6) is 0.433. The summed E-state index contributed by atoms with van der Waals surface area (Å²) in [6.45, 7) is 0. The molecular formula is C48H41N. The molecule has 1 atom stereocenters. The molecule has 49 heavy (non-hydrogen) atoms. The molecule has 0 aliphatic heterocycles. The van der Waals surface area contributed by atoms with Gasteiger partial charge in [0.1, 0.15) is 0 Å². The fourth-order valence-corrected chi connectivity index (χ4v) is 9.32. The van der Waals surface area contributed by atoms with Crippen LogP contribution in [0.2, 0.25) is 0 Å². The maximum Gasteiger partial charge on any atom is 0.0544 e. The molecule has 5 aromatic rings. The molecule has 0 fully saturated rings. The van der Waals surface area contributed by atoms with Crippen LogP contribution in [0, 0.1) is 0 Å². The van der Waals surface area contributed by atoms with Crippen molar-refractivity contribution < 1.29 is 0 Å². The predicted octanol–water partition coefficient (Wildman–Crippen LogP) is 12.8. The van der Waals surface area contributed by atoms with E-state index in [0.717, 1.165) is 57.8 Å². The summed E-state index contributed by atoms with van der Waals surface area (Å²) in [7, 11) is 0. The van der Waals surface area contributed by atoms with Crippen LogP contribution in [0.1, 0.15) is 84.4 Å². The van der Waals surface area contributed by atoms with E-state index in [-0.39, 0.29) is 0 Å². The van der Waals surface area contributed by atoms with Crippen molar-refractivity contribution in [3.63, 3.8) is 0 Å². The topological polar surface area (TPSA) is 4.93 Å². The van der Waals surface area contributed by atoms with Gasteiger partial charge >= 0.3 is 0 Å². The highest BCUT2D eigenvalue weighted by Gasteiger charge is 2.27. The number of aromatic nitrogens is 1. The molecule has 1 heterocycles. The molecule has 0 saturated carbocycles. The van der Waals surface area contributed by atoms with Gasteiger partial charge in [0.05, 0.1) is 11.2 Å². The predicted molar refractivity (Wildman–Crippen MR) is 210 cm³/mol. The molecule has 0 amide bonds. The van der Waals surface area contributed by atoms with Crippen LogP contribution in [-0.2, 0) is 12.8 Å². The van der Waals surface area contributed by atoms with E-state index in [0.29, 0.717) is 5.92 Å². The quantitative estimate of drug-likeness (QED) is 0.186.